The number of imidazole rings is 1. The van der Waals surface area contributed by atoms with Crippen LogP contribution in [-0.2, 0) is 4.84 Å². The highest BCUT2D eigenvalue weighted by atomic mass is 19.1. The molecule has 6 nitrogen and oxygen atoms in total. The van der Waals surface area contributed by atoms with Gasteiger partial charge in [-0.3, -0.25) is 0 Å². The second-order valence-corrected chi connectivity index (χ2v) is 7.39. The zero-order chi connectivity index (χ0) is 23.1. The van der Waals surface area contributed by atoms with Gasteiger partial charge in [-0.15, -0.1) is 0 Å². The Bertz CT molecular complexity index is 1090. The summed E-state index contributed by atoms with van der Waals surface area (Å²) in [4.78, 5) is 11.6. The molecule has 0 bridgehead atoms. The van der Waals surface area contributed by atoms with Crippen molar-refractivity contribution in [3.05, 3.63) is 83.7 Å². The van der Waals surface area contributed by atoms with Gasteiger partial charge in [0.1, 0.15) is 18.2 Å². The van der Waals surface area contributed by atoms with Crippen molar-refractivity contribution >= 4 is 11.9 Å². The molecule has 1 atom stereocenters. The lowest BCUT2D eigenvalue weighted by Gasteiger charge is -2.26. The van der Waals surface area contributed by atoms with E-state index in [0.29, 0.717) is 12.4 Å². The Labute approximate surface area is 188 Å². The number of oxime groups is 1. The molecule has 0 saturated heterocycles. The molecule has 0 fully saturated rings. The predicted molar refractivity (Wildman–Crippen MR) is 126 cm³/mol. The number of halogens is 1. The van der Waals surface area contributed by atoms with E-state index in [9.17, 15) is 4.39 Å². The van der Waals surface area contributed by atoms with Crippen LogP contribution >= 0.6 is 0 Å². The maximum absolute atomic E-state index is 13.3. The van der Waals surface area contributed by atoms with Gasteiger partial charge in [0.2, 0.25) is 0 Å². The minimum Gasteiger partial charge on any atom is -0.495 e. The lowest BCUT2D eigenvalue weighted by molar-refractivity contribution is 0.153. The average Bonchev–Trinajstić information content (AvgIpc) is 3.24. The molecule has 32 heavy (non-hydrogen) atoms. The third kappa shape index (κ3) is 5.55. The second kappa shape index (κ2) is 10.6. The summed E-state index contributed by atoms with van der Waals surface area (Å²) in [6.07, 6.45) is 7.57. The summed E-state index contributed by atoms with van der Waals surface area (Å²) in [7, 11) is 3.58. The van der Waals surface area contributed by atoms with Gasteiger partial charge in [-0.1, -0.05) is 29.4 Å². The standard InChI is InChI=1S/C25H29FN4O2/c1-6-32-28-25(29(4)19(3)21-9-11-22(26)12-10-21)14-8-20-7-13-23(24(15-20)31-5)30-16-18(2)27-17-30/h7-17,19H,6H2,1-5H3/b14-8+,28-25-. The summed E-state index contributed by atoms with van der Waals surface area (Å²) in [5, 5.41) is 4.27. The second-order valence-electron chi connectivity index (χ2n) is 7.39. The lowest BCUT2D eigenvalue weighted by Crippen LogP contribution is -2.28. The minimum atomic E-state index is -0.255. The van der Waals surface area contributed by atoms with E-state index in [-0.39, 0.29) is 11.9 Å². The van der Waals surface area contributed by atoms with Crippen molar-refractivity contribution < 1.29 is 14.0 Å². The van der Waals surface area contributed by atoms with Gasteiger partial charge in [0.05, 0.1) is 30.9 Å². The molecule has 1 unspecified atom stereocenters. The minimum absolute atomic E-state index is 0.0270. The molecule has 0 aliphatic rings. The molecule has 168 valence electrons. The molecule has 3 rings (SSSR count). The van der Waals surface area contributed by atoms with Crippen LogP contribution in [0.3, 0.4) is 0 Å². The number of hydrogen-bond donors (Lipinski definition) is 0. The van der Waals surface area contributed by atoms with Crippen LogP contribution in [0.25, 0.3) is 11.8 Å². The van der Waals surface area contributed by atoms with Gasteiger partial charge >= 0.3 is 0 Å². The highest BCUT2D eigenvalue weighted by Gasteiger charge is 2.15. The highest BCUT2D eigenvalue weighted by Crippen LogP contribution is 2.26. The van der Waals surface area contributed by atoms with E-state index >= 15 is 0 Å². The maximum Gasteiger partial charge on any atom is 0.168 e. The Morgan fingerprint density at radius 1 is 1.25 bits per heavy atom. The number of aromatic nitrogens is 2. The molecule has 1 heterocycles. The third-order valence-electron chi connectivity index (χ3n) is 5.20. The van der Waals surface area contributed by atoms with Gasteiger partial charge in [-0.25, -0.2) is 9.37 Å². The van der Waals surface area contributed by atoms with E-state index in [2.05, 4.69) is 10.1 Å². The first-order chi connectivity index (χ1) is 15.4. The number of aryl methyl sites for hydroxylation is 1. The number of methoxy groups -OCH3 is 1. The van der Waals surface area contributed by atoms with E-state index in [1.807, 2.05) is 73.8 Å². The fraction of sp³-hybridized carbons (Fsp3) is 0.280. The lowest BCUT2D eigenvalue weighted by atomic mass is 10.1. The smallest absolute Gasteiger partial charge is 0.168 e. The molecule has 0 spiro atoms. The largest absolute Gasteiger partial charge is 0.495 e. The zero-order valence-corrected chi connectivity index (χ0v) is 19.1. The van der Waals surface area contributed by atoms with Gasteiger partial charge in [-0.05, 0) is 62.2 Å². The van der Waals surface area contributed by atoms with Crippen molar-refractivity contribution in [2.75, 3.05) is 20.8 Å². The number of likely N-dealkylation sites (N-methyl/N-ethyl adjacent to an activating group) is 1. The SMILES string of the molecule is CCO/N=C(/C=C/c1ccc(-n2cnc(C)c2)c(OC)c1)N(C)C(C)c1ccc(F)cc1. The van der Waals surface area contributed by atoms with Crippen molar-refractivity contribution in [3.63, 3.8) is 0 Å². The number of amidine groups is 1. The number of hydrogen-bond acceptors (Lipinski definition) is 4. The zero-order valence-electron chi connectivity index (χ0n) is 19.1. The topological polar surface area (TPSA) is 51.9 Å². The fourth-order valence-corrected chi connectivity index (χ4v) is 3.24. The summed E-state index contributed by atoms with van der Waals surface area (Å²) in [6.45, 7) is 6.33. The van der Waals surface area contributed by atoms with Crippen LogP contribution in [-0.4, -0.2) is 41.1 Å². The maximum atomic E-state index is 13.3. The Balaban J connectivity index is 1.85. The monoisotopic (exact) mass is 436 g/mol. The van der Waals surface area contributed by atoms with Crippen LogP contribution in [0.15, 0.2) is 66.2 Å². The predicted octanol–water partition coefficient (Wildman–Crippen LogP) is 5.38. The van der Waals surface area contributed by atoms with E-state index in [0.717, 1.165) is 28.3 Å². The number of nitrogens with zero attached hydrogens (tertiary/aromatic N) is 4. The van der Waals surface area contributed by atoms with Gasteiger partial charge in [0, 0.05) is 13.2 Å². The van der Waals surface area contributed by atoms with Crippen LogP contribution < -0.4 is 4.74 Å². The molecule has 0 amide bonds. The first-order valence-electron chi connectivity index (χ1n) is 10.5. The van der Waals surface area contributed by atoms with Crippen LogP contribution in [0.2, 0.25) is 0 Å². The van der Waals surface area contributed by atoms with Gasteiger partial charge in [0.15, 0.2) is 5.84 Å². The Morgan fingerprint density at radius 2 is 2.00 bits per heavy atom. The van der Waals surface area contributed by atoms with Crippen LogP contribution in [0.4, 0.5) is 4.39 Å². The molecular weight excluding hydrogens is 407 g/mol. The first kappa shape index (κ1) is 23.1. The van der Waals surface area contributed by atoms with E-state index < -0.39 is 0 Å². The quantitative estimate of drug-likeness (QED) is 0.270. The summed E-state index contributed by atoms with van der Waals surface area (Å²) in [6, 6.07) is 12.4. The normalized spacial score (nSPS) is 12.8. The molecule has 0 radical (unpaired) electrons. The van der Waals surface area contributed by atoms with E-state index in [1.54, 1.807) is 25.6 Å². The van der Waals surface area contributed by atoms with E-state index in [1.165, 1.54) is 12.1 Å². The summed E-state index contributed by atoms with van der Waals surface area (Å²) in [5.41, 5.74) is 3.78. The molecule has 0 N–H and O–H groups in total. The fourth-order valence-electron chi connectivity index (χ4n) is 3.24. The summed E-state index contributed by atoms with van der Waals surface area (Å²) in [5.74, 6) is 1.13. The number of benzene rings is 2. The molecule has 0 saturated carbocycles. The average molecular weight is 437 g/mol. The molecular formula is C25H29FN4O2. The van der Waals surface area contributed by atoms with Crippen molar-refractivity contribution in [2.24, 2.45) is 5.16 Å². The summed E-state index contributed by atoms with van der Waals surface area (Å²) >= 11 is 0. The van der Waals surface area contributed by atoms with Gasteiger partial charge < -0.3 is 19.0 Å². The van der Waals surface area contributed by atoms with Crippen molar-refractivity contribution in [3.8, 4) is 11.4 Å². The van der Waals surface area contributed by atoms with Gasteiger partial charge in [-0.2, -0.15) is 0 Å². The Morgan fingerprint density at radius 3 is 2.62 bits per heavy atom. The first-order valence-corrected chi connectivity index (χ1v) is 10.5. The molecule has 3 aromatic rings. The molecule has 0 aliphatic carbocycles. The molecule has 1 aromatic heterocycles. The van der Waals surface area contributed by atoms with E-state index in [4.69, 9.17) is 9.57 Å². The van der Waals surface area contributed by atoms with Crippen LogP contribution in [0, 0.1) is 12.7 Å². The van der Waals surface area contributed by atoms with Crippen molar-refractivity contribution in [1.29, 1.82) is 0 Å². The molecule has 0 aliphatic heterocycles. The molecule has 7 heteroatoms. The Hall–Kier alpha value is -3.61. The summed E-state index contributed by atoms with van der Waals surface area (Å²) < 4.78 is 20.8. The van der Waals surface area contributed by atoms with Gasteiger partial charge in [0.25, 0.3) is 0 Å². The van der Waals surface area contributed by atoms with Crippen molar-refractivity contribution in [2.45, 2.75) is 26.8 Å². The third-order valence-corrected chi connectivity index (χ3v) is 5.20. The van der Waals surface area contributed by atoms with Crippen LogP contribution in [0.5, 0.6) is 5.75 Å². The van der Waals surface area contributed by atoms with Crippen LogP contribution in [0.1, 0.15) is 36.7 Å². The number of rotatable bonds is 8. The number of ether oxygens (including phenoxy) is 1. The highest BCUT2D eigenvalue weighted by molar-refractivity contribution is 5.96. The molecule has 2 aromatic carbocycles. The Kier molecular flexibility index (Phi) is 7.65. The van der Waals surface area contributed by atoms with Crippen molar-refractivity contribution in [1.82, 2.24) is 14.5 Å².